The summed E-state index contributed by atoms with van der Waals surface area (Å²) < 4.78 is 56.3. The Bertz CT molecular complexity index is 1560. The molecule has 11 heteroatoms. The van der Waals surface area contributed by atoms with Crippen molar-refractivity contribution in [3.05, 3.63) is 78.3 Å². The maximum absolute atomic E-state index is 14.8. The molecule has 37 heavy (non-hydrogen) atoms. The first-order chi connectivity index (χ1) is 17.8. The zero-order valence-corrected chi connectivity index (χ0v) is 19.7. The number of hydrogen-bond acceptors (Lipinski definition) is 5. The quantitative estimate of drug-likeness (QED) is 0.310. The van der Waals surface area contributed by atoms with Gasteiger partial charge in [-0.25, -0.2) is 13.9 Å². The van der Waals surface area contributed by atoms with Gasteiger partial charge in [0.25, 0.3) is 0 Å². The van der Waals surface area contributed by atoms with Crippen LogP contribution in [0, 0.1) is 5.82 Å². The number of imidazole rings is 1. The molecule has 1 saturated heterocycles. The lowest BCUT2D eigenvalue weighted by atomic mass is 10.1. The molecule has 5 heterocycles. The van der Waals surface area contributed by atoms with E-state index in [1.54, 1.807) is 29.2 Å². The van der Waals surface area contributed by atoms with Crippen molar-refractivity contribution < 1.29 is 17.6 Å². The molecule has 0 radical (unpaired) electrons. The molecule has 190 valence electrons. The Kier molecular flexibility index (Phi) is 5.86. The number of halogens is 4. The Labute approximate surface area is 209 Å². The Balaban J connectivity index is 1.22. The fourth-order valence-corrected chi connectivity index (χ4v) is 4.93. The Morgan fingerprint density at radius 2 is 1.84 bits per heavy atom. The minimum Gasteiger partial charge on any atom is -0.295 e. The molecule has 1 aliphatic rings. The molecule has 0 N–H and O–H groups in total. The minimum atomic E-state index is -4.18. The van der Waals surface area contributed by atoms with E-state index in [1.807, 2.05) is 35.1 Å². The molecule has 1 fully saturated rings. The van der Waals surface area contributed by atoms with Gasteiger partial charge in [-0.2, -0.15) is 23.4 Å². The van der Waals surface area contributed by atoms with Crippen molar-refractivity contribution in [2.24, 2.45) is 0 Å². The molecule has 0 unspecified atom stereocenters. The molecule has 0 amide bonds. The Hall–Kier alpha value is -3.86. The summed E-state index contributed by atoms with van der Waals surface area (Å²) in [6, 6.07) is 10.7. The van der Waals surface area contributed by atoms with Crippen molar-refractivity contribution >= 4 is 16.6 Å². The monoisotopic (exact) mass is 509 g/mol. The van der Waals surface area contributed by atoms with E-state index in [1.165, 1.54) is 11.0 Å². The first-order valence-corrected chi connectivity index (χ1v) is 12.0. The molecule has 0 aliphatic carbocycles. The highest BCUT2D eigenvalue weighted by Crippen LogP contribution is 2.27. The molecular formula is C26H23F4N7. The van der Waals surface area contributed by atoms with Crippen LogP contribution in [-0.4, -0.2) is 60.1 Å². The minimum absolute atomic E-state index is 0.0381. The number of aromatic nitrogens is 6. The number of piperidine rings is 1. The molecule has 7 nitrogen and oxygen atoms in total. The predicted octanol–water partition coefficient (Wildman–Crippen LogP) is 5.07. The number of hydrogen-bond donors (Lipinski definition) is 0. The van der Waals surface area contributed by atoms with Crippen LogP contribution in [0.5, 0.6) is 0 Å². The number of fused-ring (bicyclic) bond motifs is 2. The van der Waals surface area contributed by atoms with Crippen LogP contribution in [0.25, 0.3) is 27.8 Å². The smallest absolute Gasteiger partial charge is 0.295 e. The maximum atomic E-state index is 14.8. The highest BCUT2D eigenvalue weighted by atomic mass is 19.4. The van der Waals surface area contributed by atoms with E-state index in [9.17, 15) is 17.6 Å². The fourth-order valence-electron chi connectivity index (χ4n) is 4.93. The van der Waals surface area contributed by atoms with E-state index in [4.69, 9.17) is 5.10 Å². The van der Waals surface area contributed by atoms with Gasteiger partial charge >= 0.3 is 6.18 Å². The van der Waals surface area contributed by atoms with Gasteiger partial charge in [-0.1, -0.05) is 6.07 Å². The molecule has 1 aliphatic heterocycles. The van der Waals surface area contributed by atoms with E-state index in [0.717, 1.165) is 16.6 Å². The van der Waals surface area contributed by atoms with Gasteiger partial charge in [0, 0.05) is 48.9 Å². The van der Waals surface area contributed by atoms with Crippen molar-refractivity contribution in [3.8, 4) is 11.3 Å². The summed E-state index contributed by atoms with van der Waals surface area (Å²) in [5.74, 6) is -0.333. The third-order valence-electron chi connectivity index (χ3n) is 6.81. The summed E-state index contributed by atoms with van der Waals surface area (Å²) in [5, 5.41) is 10.1. The summed E-state index contributed by atoms with van der Waals surface area (Å²) in [7, 11) is 0. The molecular weight excluding hydrogens is 486 g/mol. The largest absolute Gasteiger partial charge is 0.401 e. The molecule has 0 spiro atoms. The van der Waals surface area contributed by atoms with Crippen LogP contribution in [0.3, 0.4) is 0 Å². The van der Waals surface area contributed by atoms with E-state index in [0.29, 0.717) is 54.8 Å². The van der Waals surface area contributed by atoms with Gasteiger partial charge in [0.05, 0.1) is 41.9 Å². The summed E-state index contributed by atoms with van der Waals surface area (Å²) in [6.07, 6.45) is 4.25. The van der Waals surface area contributed by atoms with Crippen LogP contribution in [0.15, 0.2) is 61.2 Å². The third-order valence-corrected chi connectivity index (χ3v) is 6.81. The zero-order valence-electron chi connectivity index (χ0n) is 19.7. The Morgan fingerprint density at radius 1 is 1.00 bits per heavy atom. The number of alkyl halides is 3. The summed E-state index contributed by atoms with van der Waals surface area (Å²) in [4.78, 5) is 10.1. The van der Waals surface area contributed by atoms with Crippen molar-refractivity contribution in [2.45, 2.75) is 31.5 Å². The van der Waals surface area contributed by atoms with Crippen LogP contribution in [-0.2, 0) is 6.42 Å². The van der Waals surface area contributed by atoms with Gasteiger partial charge in [0.1, 0.15) is 5.82 Å². The Morgan fingerprint density at radius 3 is 2.65 bits per heavy atom. The molecule has 6 rings (SSSR count). The number of benzene rings is 1. The van der Waals surface area contributed by atoms with Crippen molar-refractivity contribution in [1.82, 2.24) is 34.3 Å². The number of pyridine rings is 1. The van der Waals surface area contributed by atoms with Gasteiger partial charge in [0.2, 0.25) is 0 Å². The summed E-state index contributed by atoms with van der Waals surface area (Å²) in [6.45, 7) is -0.117. The molecule has 1 aromatic carbocycles. The highest BCUT2D eigenvalue weighted by Gasteiger charge is 2.33. The van der Waals surface area contributed by atoms with Crippen molar-refractivity contribution in [1.29, 1.82) is 0 Å². The van der Waals surface area contributed by atoms with Gasteiger partial charge in [0.15, 0.2) is 5.65 Å². The van der Waals surface area contributed by atoms with Crippen LogP contribution in [0.4, 0.5) is 17.6 Å². The average molecular weight is 510 g/mol. The lowest BCUT2D eigenvalue weighted by molar-refractivity contribution is -0.148. The summed E-state index contributed by atoms with van der Waals surface area (Å²) >= 11 is 0. The van der Waals surface area contributed by atoms with Gasteiger partial charge in [-0.15, -0.1) is 0 Å². The number of nitrogens with zero attached hydrogens (tertiary/aromatic N) is 7. The SMILES string of the molecule is Fc1cc2ncccc2cc1Cc1cnc2ccc(-c3cnn(C4CCN(CC(F)(F)F)CC4)c3)nn12. The lowest BCUT2D eigenvalue weighted by Gasteiger charge is -2.32. The second kappa shape index (κ2) is 9.22. The zero-order chi connectivity index (χ0) is 25.6. The molecule has 4 aromatic heterocycles. The number of rotatable bonds is 5. The topological polar surface area (TPSA) is 64.1 Å². The van der Waals surface area contributed by atoms with Gasteiger partial charge < -0.3 is 0 Å². The van der Waals surface area contributed by atoms with E-state index in [2.05, 4.69) is 15.1 Å². The lowest BCUT2D eigenvalue weighted by Crippen LogP contribution is -2.40. The van der Waals surface area contributed by atoms with Crippen LogP contribution in [0.1, 0.15) is 30.1 Å². The predicted molar refractivity (Wildman–Crippen MR) is 129 cm³/mol. The standard InChI is InChI=1S/C26H23F4N7/c27-22-12-24-17(2-1-7-31-24)10-18(22)11-21-14-32-25-4-3-23(34-37(21)25)19-13-33-36(15-19)20-5-8-35(9-6-20)16-26(28,29)30/h1-4,7,10,12-15,20H,5-6,8-9,11,16H2. The van der Waals surface area contributed by atoms with Gasteiger partial charge in [-0.05, 0) is 42.7 Å². The van der Waals surface area contributed by atoms with E-state index >= 15 is 0 Å². The highest BCUT2D eigenvalue weighted by molar-refractivity contribution is 5.79. The van der Waals surface area contributed by atoms with Gasteiger partial charge in [-0.3, -0.25) is 14.6 Å². The first kappa shape index (κ1) is 23.5. The summed E-state index contributed by atoms with van der Waals surface area (Å²) in [5.41, 5.74) is 3.98. The first-order valence-electron chi connectivity index (χ1n) is 12.0. The van der Waals surface area contributed by atoms with Crippen LogP contribution in [0.2, 0.25) is 0 Å². The van der Waals surface area contributed by atoms with E-state index < -0.39 is 12.7 Å². The second-order valence-corrected chi connectivity index (χ2v) is 9.39. The van der Waals surface area contributed by atoms with E-state index in [-0.39, 0.29) is 11.9 Å². The van der Waals surface area contributed by atoms with Crippen molar-refractivity contribution in [2.75, 3.05) is 19.6 Å². The average Bonchev–Trinajstić information content (AvgIpc) is 3.51. The second-order valence-electron chi connectivity index (χ2n) is 9.39. The molecule has 0 bridgehead atoms. The van der Waals surface area contributed by atoms with Crippen LogP contribution < -0.4 is 0 Å². The fraction of sp³-hybridized carbons (Fsp3) is 0.308. The number of likely N-dealkylation sites (tertiary alicyclic amines) is 1. The maximum Gasteiger partial charge on any atom is 0.401 e. The third kappa shape index (κ3) is 4.91. The van der Waals surface area contributed by atoms with Crippen LogP contribution >= 0.6 is 0 Å². The molecule has 0 saturated carbocycles. The molecule has 0 atom stereocenters. The van der Waals surface area contributed by atoms with Crippen molar-refractivity contribution in [3.63, 3.8) is 0 Å². The molecule has 5 aromatic rings. The normalized spacial score (nSPS) is 15.7.